The van der Waals surface area contributed by atoms with E-state index >= 15 is 0 Å². The van der Waals surface area contributed by atoms with Crippen molar-refractivity contribution in [2.45, 2.75) is 4.90 Å². The number of anilines is 1. The molecule has 0 saturated carbocycles. The number of hydrogen-bond donors (Lipinski definition) is 1. The number of rotatable bonds is 6. The first-order chi connectivity index (χ1) is 16.3. The highest BCUT2D eigenvalue weighted by atomic mass is 127. The maximum atomic E-state index is 12.8. The van der Waals surface area contributed by atoms with Gasteiger partial charge >= 0.3 is 10.1 Å². The molecule has 0 fully saturated rings. The van der Waals surface area contributed by atoms with Crippen LogP contribution in [0.5, 0.6) is 5.75 Å². The van der Waals surface area contributed by atoms with Crippen LogP contribution in [0.4, 0.5) is 5.69 Å². The summed E-state index contributed by atoms with van der Waals surface area (Å²) in [5.74, 6) is -0.504. The second-order valence-corrected chi connectivity index (χ2v) is 10.0. The molecule has 4 aromatic carbocycles. The maximum absolute atomic E-state index is 12.8. The zero-order valence-electron chi connectivity index (χ0n) is 17.6. The largest absolute Gasteiger partial charge is 0.379 e. The number of hydrogen-bond acceptors (Lipinski definition) is 5. The van der Waals surface area contributed by atoms with Gasteiger partial charge in [0, 0.05) is 9.26 Å². The van der Waals surface area contributed by atoms with Crippen LogP contribution < -0.4 is 9.50 Å². The first-order valence-corrected chi connectivity index (χ1v) is 12.5. The van der Waals surface area contributed by atoms with Gasteiger partial charge in [0.2, 0.25) is 0 Å². The minimum Gasteiger partial charge on any atom is -0.379 e. The minimum atomic E-state index is -4.08. The molecule has 168 valence electrons. The van der Waals surface area contributed by atoms with Crippen LogP contribution in [0.2, 0.25) is 0 Å². The van der Waals surface area contributed by atoms with Crippen molar-refractivity contribution >= 4 is 61.2 Å². The van der Waals surface area contributed by atoms with E-state index in [0.29, 0.717) is 11.3 Å². The maximum Gasteiger partial charge on any atom is 0.339 e. The SMILES string of the molecule is N#C/C(=C/c1cccc(OS(=O)(=O)c2ccc3ccccc3c2)c1)C(=O)Nc1ccc(I)cc1. The molecule has 0 aliphatic rings. The first-order valence-electron chi connectivity index (χ1n) is 10.1. The molecule has 0 atom stereocenters. The van der Waals surface area contributed by atoms with E-state index in [0.717, 1.165) is 14.3 Å². The molecule has 0 saturated heterocycles. The molecule has 0 spiro atoms. The Balaban J connectivity index is 1.55. The van der Waals surface area contributed by atoms with Crippen LogP contribution in [0.1, 0.15) is 5.56 Å². The van der Waals surface area contributed by atoms with Crippen molar-refractivity contribution in [1.29, 1.82) is 5.26 Å². The first kappa shape index (κ1) is 23.5. The molecule has 0 unspecified atom stereocenters. The summed E-state index contributed by atoms with van der Waals surface area (Å²) in [6, 6.07) is 27.4. The number of nitrogens with one attached hydrogen (secondary N) is 1. The van der Waals surface area contributed by atoms with E-state index in [9.17, 15) is 18.5 Å². The standard InChI is InChI=1S/C26H17IN2O4S/c27-22-9-11-23(12-10-22)29-26(30)21(17-28)14-18-4-3-7-24(15-18)33-34(31,32)25-13-8-19-5-1-2-6-20(19)16-25/h1-16H,(H,29,30)/b21-14-. The van der Waals surface area contributed by atoms with E-state index in [1.54, 1.807) is 36.4 Å². The second kappa shape index (κ2) is 10.1. The number of amides is 1. The number of benzene rings is 4. The number of halogens is 1. The lowest BCUT2D eigenvalue weighted by Crippen LogP contribution is -2.13. The summed E-state index contributed by atoms with van der Waals surface area (Å²) in [5, 5.41) is 13.8. The third-order valence-corrected chi connectivity index (χ3v) is 6.81. The van der Waals surface area contributed by atoms with Crippen LogP contribution in [0, 0.1) is 14.9 Å². The van der Waals surface area contributed by atoms with Crippen molar-refractivity contribution in [2.75, 3.05) is 5.32 Å². The molecule has 0 bridgehead atoms. The predicted molar refractivity (Wildman–Crippen MR) is 140 cm³/mol. The summed E-state index contributed by atoms with van der Waals surface area (Å²) in [6.07, 6.45) is 1.37. The average Bonchev–Trinajstić information content (AvgIpc) is 2.83. The summed E-state index contributed by atoms with van der Waals surface area (Å²) in [6.45, 7) is 0. The summed E-state index contributed by atoms with van der Waals surface area (Å²) in [7, 11) is -4.08. The van der Waals surface area contributed by atoms with E-state index in [1.165, 1.54) is 24.3 Å². The van der Waals surface area contributed by atoms with Gasteiger partial charge in [-0.05, 0) is 93.5 Å². The molecule has 1 N–H and O–H groups in total. The quantitative estimate of drug-likeness (QED) is 0.136. The summed E-state index contributed by atoms with van der Waals surface area (Å²) >= 11 is 2.15. The molecule has 4 aromatic rings. The normalized spacial score (nSPS) is 11.6. The third-order valence-electron chi connectivity index (χ3n) is 4.85. The molecule has 6 nitrogen and oxygen atoms in total. The molecule has 0 aromatic heterocycles. The van der Waals surface area contributed by atoms with Crippen LogP contribution in [-0.2, 0) is 14.9 Å². The van der Waals surface area contributed by atoms with Crippen molar-refractivity contribution in [3.05, 3.63) is 106 Å². The van der Waals surface area contributed by atoms with Gasteiger partial charge in [0.15, 0.2) is 0 Å². The lowest BCUT2D eigenvalue weighted by Gasteiger charge is -2.09. The van der Waals surface area contributed by atoms with Gasteiger partial charge in [-0.3, -0.25) is 4.79 Å². The van der Waals surface area contributed by atoms with Crippen LogP contribution in [0.3, 0.4) is 0 Å². The number of nitrogens with zero attached hydrogens (tertiary/aromatic N) is 1. The molecule has 1 amide bonds. The fourth-order valence-electron chi connectivity index (χ4n) is 3.20. The average molecular weight is 580 g/mol. The Morgan fingerprint density at radius 1 is 0.912 bits per heavy atom. The Morgan fingerprint density at radius 2 is 1.65 bits per heavy atom. The molecule has 0 radical (unpaired) electrons. The van der Waals surface area contributed by atoms with Gasteiger partial charge in [-0.25, -0.2) is 0 Å². The number of fused-ring (bicyclic) bond motifs is 1. The van der Waals surface area contributed by atoms with E-state index in [-0.39, 0.29) is 16.2 Å². The van der Waals surface area contributed by atoms with E-state index < -0.39 is 16.0 Å². The fourth-order valence-corrected chi connectivity index (χ4v) is 4.52. The Morgan fingerprint density at radius 3 is 2.38 bits per heavy atom. The smallest absolute Gasteiger partial charge is 0.339 e. The van der Waals surface area contributed by atoms with Crippen molar-refractivity contribution in [1.82, 2.24) is 0 Å². The third kappa shape index (κ3) is 5.62. The number of carbonyl (C=O) groups excluding carboxylic acids is 1. The van der Waals surface area contributed by atoms with Crippen LogP contribution in [0.25, 0.3) is 16.8 Å². The van der Waals surface area contributed by atoms with Gasteiger partial charge in [0.05, 0.1) is 0 Å². The second-order valence-electron chi connectivity index (χ2n) is 7.25. The molecule has 8 heteroatoms. The minimum absolute atomic E-state index is 0.0294. The number of nitriles is 1. The highest BCUT2D eigenvalue weighted by Gasteiger charge is 2.17. The van der Waals surface area contributed by atoms with Crippen molar-refractivity contribution in [3.63, 3.8) is 0 Å². The Hall–Kier alpha value is -3.68. The fraction of sp³-hybridized carbons (Fsp3) is 0. The van der Waals surface area contributed by atoms with E-state index in [4.69, 9.17) is 4.18 Å². The Kier molecular flexibility index (Phi) is 6.95. The van der Waals surface area contributed by atoms with Crippen molar-refractivity contribution in [3.8, 4) is 11.8 Å². The van der Waals surface area contributed by atoms with Crippen LogP contribution in [-0.4, -0.2) is 14.3 Å². The lowest BCUT2D eigenvalue weighted by atomic mass is 10.1. The summed E-state index contributed by atoms with van der Waals surface area (Å²) < 4.78 is 32.0. The van der Waals surface area contributed by atoms with Crippen molar-refractivity contribution in [2.24, 2.45) is 0 Å². The van der Waals surface area contributed by atoms with Crippen LogP contribution >= 0.6 is 22.6 Å². The molecular weight excluding hydrogens is 563 g/mol. The topological polar surface area (TPSA) is 96.3 Å². The van der Waals surface area contributed by atoms with Gasteiger partial charge in [-0.1, -0.05) is 42.5 Å². The summed E-state index contributed by atoms with van der Waals surface area (Å²) in [5.41, 5.74) is 0.874. The van der Waals surface area contributed by atoms with Gasteiger partial charge < -0.3 is 9.50 Å². The lowest BCUT2D eigenvalue weighted by molar-refractivity contribution is -0.112. The molecular formula is C26H17IN2O4S. The zero-order chi connectivity index (χ0) is 24.1. The van der Waals surface area contributed by atoms with Crippen molar-refractivity contribution < 1.29 is 17.4 Å². The highest BCUT2D eigenvalue weighted by molar-refractivity contribution is 14.1. The Labute approximate surface area is 210 Å². The molecule has 0 aliphatic heterocycles. The van der Waals surface area contributed by atoms with Gasteiger partial charge in [0.25, 0.3) is 5.91 Å². The molecule has 0 heterocycles. The zero-order valence-corrected chi connectivity index (χ0v) is 20.6. The van der Waals surface area contributed by atoms with E-state index in [2.05, 4.69) is 27.9 Å². The molecule has 4 rings (SSSR count). The van der Waals surface area contributed by atoms with Gasteiger partial charge in [0.1, 0.15) is 22.3 Å². The predicted octanol–water partition coefficient (Wildman–Crippen LogP) is 5.76. The van der Waals surface area contributed by atoms with Gasteiger partial charge in [-0.15, -0.1) is 0 Å². The van der Waals surface area contributed by atoms with E-state index in [1.807, 2.05) is 42.5 Å². The molecule has 0 aliphatic carbocycles. The van der Waals surface area contributed by atoms with Gasteiger partial charge in [-0.2, -0.15) is 13.7 Å². The molecule has 34 heavy (non-hydrogen) atoms. The summed E-state index contributed by atoms with van der Waals surface area (Å²) in [4.78, 5) is 12.5. The highest BCUT2D eigenvalue weighted by Crippen LogP contribution is 2.24. The Bertz CT molecular complexity index is 1560. The van der Waals surface area contributed by atoms with Crippen LogP contribution in [0.15, 0.2) is 101 Å². The number of carbonyl (C=O) groups is 1. The monoisotopic (exact) mass is 580 g/mol.